The van der Waals surface area contributed by atoms with Crippen molar-refractivity contribution >= 4 is 17.7 Å². The van der Waals surface area contributed by atoms with Gasteiger partial charge in [-0.05, 0) is 12.1 Å². The van der Waals surface area contributed by atoms with Crippen molar-refractivity contribution < 1.29 is 14.5 Å². The van der Waals surface area contributed by atoms with Crippen LogP contribution < -0.4 is 4.90 Å². The standard InChI is InChI=1S/C13H15N3O4/c1-20-8-7-15(6-2-5-14)12-3-4-13(16(18)19)11(9-12)10-17/h3-4,9-10H,2,6-8H2,1H3. The van der Waals surface area contributed by atoms with Crippen molar-refractivity contribution in [3.05, 3.63) is 33.9 Å². The van der Waals surface area contributed by atoms with Crippen LogP contribution in [0, 0.1) is 21.4 Å². The summed E-state index contributed by atoms with van der Waals surface area (Å²) in [4.78, 5) is 23.0. The van der Waals surface area contributed by atoms with Gasteiger partial charge in [-0.3, -0.25) is 14.9 Å². The second kappa shape index (κ2) is 7.86. The Hall–Kier alpha value is -2.46. The quantitative estimate of drug-likeness (QED) is 0.408. The predicted octanol–water partition coefficient (Wildman–Crippen LogP) is 1.77. The molecule has 0 N–H and O–H groups in total. The van der Waals surface area contributed by atoms with E-state index >= 15 is 0 Å². The van der Waals surface area contributed by atoms with Crippen molar-refractivity contribution in [1.82, 2.24) is 0 Å². The molecular formula is C13H15N3O4. The average molecular weight is 277 g/mol. The molecule has 7 nitrogen and oxygen atoms in total. The molecule has 106 valence electrons. The first kappa shape index (κ1) is 15.6. The van der Waals surface area contributed by atoms with E-state index < -0.39 is 4.92 Å². The van der Waals surface area contributed by atoms with Crippen LogP contribution in [0.2, 0.25) is 0 Å². The Balaban J connectivity index is 3.03. The Morgan fingerprint density at radius 2 is 2.25 bits per heavy atom. The van der Waals surface area contributed by atoms with E-state index in [2.05, 4.69) is 0 Å². The third kappa shape index (κ3) is 4.03. The Bertz CT molecular complexity index is 525. The van der Waals surface area contributed by atoms with Crippen LogP contribution in [0.4, 0.5) is 11.4 Å². The smallest absolute Gasteiger partial charge is 0.280 e. The average Bonchev–Trinajstić information content (AvgIpc) is 2.46. The van der Waals surface area contributed by atoms with Crippen LogP contribution in [0.1, 0.15) is 16.8 Å². The van der Waals surface area contributed by atoms with Crippen molar-refractivity contribution in [3.63, 3.8) is 0 Å². The van der Waals surface area contributed by atoms with Crippen LogP contribution in [-0.4, -0.2) is 38.0 Å². The third-order valence-electron chi connectivity index (χ3n) is 2.76. The maximum absolute atomic E-state index is 10.9. The Kier molecular flexibility index (Phi) is 6.13. The summed E-state index contributed by atoms with van der Waals surface area (Å²) in [6, 6.07) is 6.36. The largest absolute Gasteiger partial charge is 0.383 e. The highest BCUT2D eigenvalue weighted by molar-refractivity contribution is 5.83. The summed E-state index contributed by atoms with van der Waals surface area (Å²) in [6.45, 7) is 1.46. The minimum atomic E-state index is -0.595. The number of carbonyl (C=O) groups excluding carboxylic acids is 1. The zero-order valence-electron chi connectivity index (χ0n) is 11.1. The first-order valence-corrected chi connectivity index (χ1v) is 5.98. The number of nitrogens with zero attached hydrogens (tertiary/aromatic N) is 3. The lowest BCUT2D eigenvalue weighted by Crippen LogP contribution is -2.28. The van der Waals surface area contributed by atoms with E-state index in [-0.39, 0.29) is 11.3 Å². The van der Waals surface area contributed by atoms with Gasteiger partial charge in [0, 0.05) is 32.0 Å². The number of hydrogen-bond acceptors (Lipinski definition) is 6. The fourth-order valence-electron chi connectivity index (χ4n) is 1.76. The Morgan fingerprint density at radius 3 is 2.80 bits per heavy atom. The van der Waals surface area contributed by atoms with Crippen molar-refractivity contribution in [2.75, 3.05) is 31.7 Å². The lowest BCUT2D eigenvalue weighted by atomic mass is 10.1. The molecule has 0 spiro atoms. The predicted molar refractivity (Wildman–Crippen MR) is 72.8 cm³/mol. The molecule has 7 heteroatoms. The number of benzene rings is 1. The molecule has 20 heavy (non-hydrogen) atoms. The normalized spacial score (nSPS) is 9.80. The number of anilines is 1. The monoisotopic (exact) mass is 277 g/mol. The molecule has 0 saturated heterocycles. The van der Waals surface area contributed by atoms with Crippen LogP contribution in [0.15, 0.2) is 18.2 Å². The minimum absolute atomic E-state index is 0.0203. The molecule has 0 radical (unpaired) electrons. The molecule has 0 aliphatic carbocycles. The Labute approximate surface area is 116 Å². The number of nitro groups is 1. The summed E-state index contributed by atoms with van der Waals surface area (Å²) in [5, 5.41) is 19.4. The van der Waals surface area contributed by atoms with E-state index in [9.17, 15) is 14.9 Å². The van der Waals surface area contributed by atoms with Gasteiger partial charge in [-0.15, -0.1) is 0 Å². The van der Waals surface area contributed by atoms with E-state index in [0.717, 1.165) is 0 Å². The molecule has 0 bridgehead atoms. The van der Waals surface area contributed by atoms with E-state index in [4.69, 9.17) is 10.00 Å². The van der Waals surface area contributed by atoms with Crippen LogP contribution >= 0.6 is 0 Å². The summed E-state index contributed by atoms with van der Waals surface area (Å²) in [5.74, 6) is 0. The maximum Gasteiger partial charge on any atom is 0.280 e. The number of nitro benzene ring substituents is 1. The van der Waals surface area contributed by atoms with Gasteiger partial charge >= 0.3 is 0 Å². The van der Waals surface area contributed by atoms with Crippen molar-refractivity contribution in [1.29, 1.82) is 5.26 Å². The molecule has 1 aromatic carbocycles. The van der Waals surface area contributed by atoms with Crippen molar-refractivity contribution in [2.45, 2.75) is 6.42 Å². The molecule has 0 fully saturated rings. The fraction of sp³-hybridized carbons (Fsp3) is 0.385. The van der Waals surface area contributed by atoms with Crippen LogP contribution in [0.3, 0.4) is 0 Å². The van der Waals surface area contributed by atoms with Gasteiger partial charge in [-0.25, -0.2) is 0 Å². The first-order chi connectivity index (χ1) is 9.63. The van der Waals surface area contributed by atoms with Gasteiger partial charge < -0.3 is 9.64 Å². The molecular weight excluding hydrogens is 262 g/mol. The number of hydrogen-bond donors (Lipinski definition) is 0. The van der Waals surface area contributed by atoms with Gasteiger partial charge in [-0.2, -0.15) is 5.26 Å². The highest BCUT2D eigenvalue weighted by Gasteiger charge is 2.16. The topological polar surface area (TPSA) is 96.5 Å². The van der Waals surface area contributed by atoms with Gasteiger partial charge in [0.05, 0.1) is 29.6 Å². The van der Waals surface area contributed by atoms with E-state index in [1.54, 1.807) is 13.2 Å². The Morgan fingerprint density at radius 1 is 1.50 bits per heavy atom. The summed E-state index contributed by atoms with van der Waals surface area (Å²) in [7, 11) is 1.56. The SMILES string of the molecule is COCCN(CCC#N)c1ccc([N+](=O)[O-])c(C=O)c1. The number of aldehydes is 1. The van der Waals surface area contributed by atoms with Gasteiger partial charge in [0.2, 0.25) is 0 Å². The zero-order chi connectivity index (χ0) is 15.0. The highest BCUT2D eigenvalue weighted by atomic mass is 16.6. The van der Waals surface area contributed by atoms with Crippen molar-refractivity contribution in [2.24, 2.45) is 0 Å². The van der Waals surface area contributed by atoms with Gasteiger partial charge in [0.1, 0.15) is 0 Å². The molecule has 0 heterocycles. The molecule has 1 rings (SSSR count). The maximum atomic E-state index is 10.9. The second-order valence-corrected chi connectivity index (χ2v) is 4.01. The van der Waals surface area contributed by atoms with Crippen LogP contribution in [0.25, 0.3) is 0 Å². The number of nitriles is 1. The lowest BCUT2D eigenvalue weighted by molar-refractivity contribution is -0.385. The van der Waals surface area contributed by atoms with Crippen LogP contribution in [-0.2, 0) is 4.74 Å². The summed E-state index contributed by atoms with van der Waals surface area (Å²) in [5.41, 5.74) is 0.451. The van der Waals surface area contributed by atoms with Gasteiger partial charge in [0.25, 0.3) is 5.69 Å². The summed E-state index contributed by atoms with van der Waals surface area (Å²) < 4.78 is 4.99. The molecule has 0 atom stereocenters. The molecule has 0 aromatic heterocycles. The highest BCUT2D eigenvalue weighted by Crippen LogP contribution is 2.24. The van der Waals surface area contributed by atoms with Crippen molar-refractivity contribution in [3.8, 4) is 6.07 Å². The first-order valence-electron chi connectivity index (χ1n) is 5.98. The molecule has 0 amide bonds. The molecule has 0 aliphatic rings. The molecule has 0 unspecified atom stereocenters. The van der Waals surface area contributed by atoms with Gasteiger partial charge in [0.15, 0.2) is 6.29 Å². The number of methoxy groups -OCH3 is 1. The van der Waals surface area contributed by atoms with E-state index in [0.29, 0.717) is 38.1 Å². The number of carbonyl (C=O) groups is 1. The number of rotatable bonds is 8. The molecule has 0 saturated carbocycles. The second-order valence-electron chi connectivity index (χ2n) is 4.01. The van der Waals surface area contributed by atoms with Crippen LogP contribution in [0.5, 0.6) is 0 Å². The minimum Gasteiger partial charge on any atom is -0.383 e. The third-order valence-corrected chi connectivity index (χ3v) is 2.76. The molecule has 1 aromatic rings. The van der Waals surface area contributed by atoms with E-state index in [1.807, 2.05) is 11.0 Å². The lowest BCUT2D eigenvalue weighted by Gasteiger charge is -2.23. The number of ether oxygens (including phenoxy) is 1. The fourth-order valence-corrected chi connectivity index (χ4v) is 1.76. The summed E-state index contributed by atoms with van der Waals surface area (Å²) in [6.07, 6.45) is 0.775. The molecule has 0 aliphatic heterocycles. The van der Waals surface area contributed by atoms with E-state index in [1.165, 1.54) is 12.1 Å². The zero-order valence-corrected chi connectivity index (χ0v) is 11.1. The summed E-state index contributed by atoms with van der Waals surface area (Å²) >= 11 is 0. The van der Waals surface area contributed by atoms with Gasteiger partial charge in [-0.1, -0.05) is 0 Å².